The fourth-order valence-electron chi connectivity index (χ4n) is 4.36. The molecule has 0 aliphatic rings. The maximum atomic E-state index is 14.9. The molecule has 0 aliphatic carbocycles. The van der Waals surface area contributed by atoms with Crippen LogP contribution in [0.3, 0.4) is 0 Å². The molecule has 41 heavy (non-hydrogen) atoms. The molecule has 220 valence electrons. The number of hydrogen-bond acceptors (Lipinski definition) is 4. The van der Waals surface area contributed by atoms with E-state index in [9.17, 15) is 22.4 Å². The van der Waals surface area contributed by atoms with Crippen molar-refractivity contribution in [3.63, 3.8) is 0 Å². The van der Waals surface area contributed by atoms with Crippen molar-refractivity contribution in [2.75, 3.05) is 24.9 Å². The van der Waals surface area contributed by atoms with E-state index < -0.39 is 34.5 Å². The summed E-state index contributed by atoms with van der Waals surface area (Å²) >= 11 is 0. The molecule has 2 amide bonds. The minimum absolute atomic E-state index is 0.0546. The SMILES string of the molecule is CCC(C)NC(=O)C(Cc1ccccc1)N(Cc1cccc(C)c1)C(=O)CN(c1ccccc1F)S(=O)(=O)N(C)C. The van der Waals surface area contributed by atoms with Gasteiger partial charge in [0.2, 0.25) is 11.8 Å². The van der Waals surface area contributed by atoms with Crippen molar-refractivity contribution >= 4 is 27.7 Å². The predicted octanol–water partition coefficient (Wildman–Crippen LogP) is 4.30. The fourth-order valence-corrected chi connectivity index (χ4v) is 5.42. The highest BCUT2D eigenvalue weighted by molar-refractivity contribution is 7.90. The van der Waals surface area contributed by atoms with Crippen molar-refractivity contribution in [2.24, 2.45) is 0 Å². The molecule has 1 N–H and O–H groups in total. The van der Waals surface area contributed by atoms with Crippen LogP contribution >= 0.6 is 0 Å². The summed E-state index contributed by atoms with van der Waals surface area (Å²) in [5, 5.41) is 2.99. The second-order valence-corrected chi connectivity index (χ2v) is 12.3. The Morgan fingerprint density at radius 3 is 2.17 bits per heavy atom. The van der Waals surface area contributed by atoms with Gasteiger partial charge in [-0.05, 0) is 43.5 Å². The van der Waals surface area contributed by atoms with Crippen molar-refractivity contribution in [1.29, 1.82) is 0 Å². The molecule has 8 nitrogen and oxygen atoms in total. The van der Waals surface area contributed by atoms with Crippen molar-refractivity contribution in [1.82, 2.24) is 14.5 Å². The zero-order chi connectivity index (χ0) is 30.2. The molecule has 2 unspecified atom stereocenters. The van der Waals surface area contributed by atoms with Gasteiger partial charge >= 0.3 is 10.2 Å². The first kappa shape index (κ1) is 31.8. The van der Waals surface area contributed by atoms with Crippen LogP contribution in [0.2, 0.25) is 0 Å². The average Bonchev–Trinajstić information content (AvgIpc) is 2.94. The largest absolute Gasteiger partial charge is 0.352 e. The lowest BCUT2D eigenvalue weighted by molar-refractivity contribution is -0.140. The third-order valence-electron chi connectivity index (χ3n) is 6.85. The number of rotatable bonds is 13. The maximum Gasteiger partial charge on any atom is 0.304 e. The summed E-state index contributed by atoms with van der Waals surface area (Å²) in [7, 11) is -1.64. The Morgan fingerprint density at radius 1 is 0.927 bits per heavy atom. The van der Waals surface area contributed by atoms with Crippen LogP contribution in [0.1, 0.15) is 37.0 Å². The van der Waals surface area contributed by atoms with Crippen LogP contribution in [0.15, 0.2) is 78.9 Å². The standard InChI is InChI=1S/C31H39FN4O4S/c1-6-24(3)33-31(38)29(20-25-14-8-7-9-15-25)35(21-26-16-12-13-23(2)19-26)30(37)22-36(41(39,40)34(4)5)28-18-11-10-17-27(28)32/h7-19,24,29H,6,20-22H2,1-5H3,(H,33,38). The quantitative estimate of drug-likeness (QED) is 0.326. The van der Waals surface area contributed by atoms with Crippen molar-refractivity contribution in [2.45, 2.75) is 52.2 Å². The number of aryl methyl sites for hydroxylation is 1. The molecule has 3 aromatic rings. The summed E-state index contributed by atoms with van der Waals surface area (Å²) < 4.78 is 43.3. The van der Waals surface area contributed by atoms with E-state index in [0.717, 1.165) is 31.4 Å². The second kappa shape index (κ2) is 14.2. The molecular weight excluding hydrogens is 543 g/mol. The Kier molecular flexibility index (Phi) is 11.0. The third kappa shape index (κ3) is 8.37. The van der Waals surface area contributed by atoms with E-state index in [0.29, 0.717) is 6.42 Å². The van der Waals surface area contributed by atoms with Gasteiger partial charge < -0.3 is 10.2 Å². The van der Waals surface area contributed by atoms with E-state index in [1.54, 1.807) is 0 Å². The lowest BCUT2D eigenvalue weighted by Gasteiger charge is -2.35. The first-order valence-electron chi connectivity index (χ1n) is 13.6. The van der Waals surface area contributed by atoms with Gasteiger partial charge in [-0.25, -0.2) is 8.70 Å². The zero-order valence-electron chi connectivity index (χ0n) is 24.2. The van der Waals surface area contributed by atoms with Crippen LogP contribution in [-0.2, 0) is 32.8 Å². The van der Waals surface area contributed by atoms with Crippen LogP contribution in [0.5, 0.6) is 0 Å². The lowest BCUT2D eigenvalue weighted by Crippen LogP contribution is -2.55. The fraction of sp³-hybridized carbons (Fsp3) is 0.355. The first-order valence-corrected chi connectivity index (χ1v) is 15.0. The molecule has 0 bridgehead atoms. The number of halogens is 1. The molecule has 0 aromatic heterocycles. The Labute approximate surface area is 243 Å². The van der Waals surface area contributed by atoms with Gasteiger partial charge in [0.1, 0.15) is 18.4 Å². The number of para-hydroxylation sites is 1. The van der Waals surface area contributed by atoms with E-state index >= 15 is 0 Å². The number of carbonyl (C=O) groups is 2. The van der Waals surface area contributed by atoms with Crippen molar-refractivity contribution in [3.05, 3.63) is 101 Å². The van der Waals surface area contributed by atoms with E-state index in [4.69, 9.17) is 0 Å². The maximum absolute atomic E-state index is 14.9. The molecule has 0 saturated carbocycles. The van der Waals surface area contributed by atoms with Gasteiger partial charge in [-0.15, -0.1) is 0 Å². The van der Waals surface area contributed by atoms with Crippen molar-refractivity contribution < 1.29 is 22.4 Å². The Balaban J connectivity index is 2.11. The normalized spacial score (nSPS) is 13.0. The molecule has 2 atom stereocenters. The number of amides is 2. The minimum Gasteiger partial charge on any atom is -0.352 e. The summed E-state index contributed by atoms with van der Waals surface area (Å²) in [5.74, 6) is -1.77. The Hall–Kier alpha value is -3.76. The highest BCUT2D eigenvalue weighted by Gasteiger charge is 2.35. The summed E-state index contributed by atoms with van der Waals surface area (Å²) in [6.45, 7) is 5.11. The Morgan fingerprint density at radius 2 is 1.56 bits per heavy atom. The van der Waals surface area contributed by atoms with Crippen LogP contribution in [-0.4, -0.2) is 62.2 Å². The number of nitrogens with zero attached hydrogens (tertiary/aromatic N) is 3. The molecular formula is C31H39FN4O4S. The molecule has 0 saturated heterocycles. The van der Waals surface area contributed by atoms with Crippen LogP contribution in [0, 0.1) is 12.7 Å². The third-order valence-corrected chi connectivity index (χ3v) is 8.65. The molecule has 3 rings (SSSR count). The van der Waals surface area contributed by atoms with Gasteiger partial charge in [0.25, 0.3) is 0 Å². The second-order valence-electron chi connectivity index (χ2n) is 10.3. The molecule has 10 heteroatoms. The van der Waals surface area contributed by atoms with Gasteiger partial charge in [0.15, 0.2) is 0 Å². The molecule has 3 aromatic carbocycles. The number of hydrogen-bond donors (Lipinski definition) is 1. The van der Waals surface area contributed by atoms with Crippen LogP contribution < -0.4 is 9.62 Å². The zero-order valence-corrected chi connectivity index (χ0v) is 25.1. The van der Waals surface area contributed by atoms with Crippen molar-refractivity contribution in [3.8, 4) is 0 Å². The van der Waals surface area contributed by atoms with Gasteiger partial charge in [-0.2, -0.15) is 12.7 Å². The number of anilines is 1. The first-order chi connectivity index (χ1) is 19.4. The van der Waals surface area contributed by atoms with Crippen LogP contribution in [0.4, 0.5) is 10.1 Å². The molecule has 0 aliphatic heterocycles. The van der Waals surface area contributed by atoms with Gasteiger partial charge in [-0.3, -0.25) is 9.59 Å². The van der Waals surface area contributed by atoms with E-state index in [1.807, 2.05) is 75.4 Å². The molecule has 0 radical (unpaired) electrons. The molecule has 0 spiro atoms. The van der Waals surface area contributed by atoms with Gasteiger partial charge in [0, 0.05) is 33.1 Å². The smallest absolute Gasteiger partial charge is 0.304 e. The van der Waals surface area contributed by atoms with E-state index in [2.05, 4.69) is 5.32 Å². The van der Waals surface area contributed by atoms with Gasteiger partial charge in [-0.1, -0.05) is 79.2 Å². The van der Waals surface area contributed by atoms with Gasteiger partial charge in [0.05, 0.1) is 5.69 Å². The number of carbonyl (C=O) groups excluding carboxylic acids is 2. The summed E-state index contributed by atoms with van der Waals surface area (Å²) in [6.07, 6.45) is 0.901. The summed E-state index contributed by atoms with van der Waals surface area (Å²) in [5.41, 5.74) is 2.34. The number of benzene rings is 3. The minimum atomic E-state index is -4.27. The number of nitrogens with one attached hydrogen (secondary N) is 1. The average molecular weight is 583 g/mol. The van der Waals surface area contributed by atoms with Crippen LogP contribution in [0.25, 0.3) is 0 Å². The van der Waals surface area contributed by atoms with E-state index in [-0.39, 0.29) is 30.6 Å². The highest BCUT2D eigenvalue weighted by atomic mass is 32.2. The monoisotopic (exact) mass is 582 g/mol. The summed E-state index contributed by atoms with van der Waals surface area (Å²) in [4.78, 5) is 29.3. The highest BCUT2D eigenvalue weighted by Crippen LogP contribution is 2.24. The predicted molar refractivity (Wildman–Crippen MR) is 160 cm³/mol. The Bertz CT molecular complexity index is 1430. The summed E-state index contributed by atoms with van der Waals surface area (Å²) in [6, 6.07) is 21.2. The lowest BCUT2D eigenvalue weighted by atomic mass is 10.0. The molecule has 0 fully saturated rings. The van der Waals surface area contributed by atoms with E-state index in [1.165, 1.54) is 37.2 Å². The topological polar surface area (TPSA) is 90.0 Å². The molecule has 0 heterocycles.